The Bertz CT molecular complexity index is 316. The van der Waals surface area contributed by atoms with Crippen LogP contribution in [0.25, 0.3) is 0 Å². The Morgan fingerprint density at radius 2 is 2.00 bits per heavy atom. The Balaban J connectivity index is 2.31. The third-order valence-corrected chi connectivity index (χ3v) is 7.25. The maximum absolute atomic E-state index is 2.33. The third-order valence-electron chi connectivity index (χ3n) is 1.44. The van der Waals surface area contributed by atoms with Gasteiger partial charge in [0.25, 0.3) is 0 Å². The topological polar surface area (TPSA) is 0 Å². The van der Waals surface area contributed by atoms with E-state index in [0.717, 1.165) is 0 Å². The van der Waals surface area contributed by atoms with Gasteiger partial charge in [-0.15, -0.1) is 0 Å². The van der Waals surface area contributed by atoms with E-state index in [4.69, 9.17) is 0 Å². The molecule has 66 valence electrons. The Hall–Kier alpha value is 1.84. The zero-order valence-electron chi connectivity index (χ0n) is 6.37. The van der Waals surface area contributed by atoms with Crippen LogP contribution in [0.2, 0.25) is 0 Å². The van der Waals surface area contributed by atoms with E-state index in [2.05, 4.69) is 37.4 Å². The molecule has 12 heavy (non-hydrogen) atoms. The molecule has 2 aliphatic heterocycles. The molecule has 2 rings (SSSR count). The quantitative estimate of drug-likeness (QED) is 0.628. The van der Waals surface area contributed by atoms with E-state index in [-0.39, 0.29) is 87.3 Å². The van der Waals surface area contributed by atoms with Crippen LogP contribution in [0, 0.1) is 87.3 Å². The van der Waals surface area contributed by atoms with Crippen molar-refractivity contribution in [3.8, 4) is 0 Å². The first-order valence-corrected chi connectivity index (χ1v) is 8.29. The van der Waals surface area contributed by atoms with Crippen LogP contribution in [0.15, 0.2) is 37.0 Å². The van der Waals surface area contributed by atoms with Gasteiger partial charge in [0, 0.05) is 0 Å². The molecule has 0 nitrogen and oxygen atoms in total. The summed E-state index contributed by atoms with van der Waals surface area (Å²) in [4.78, 5) is 0. The minimum absolute atomic E-state index is 0.178. The second-order valence-corrected chi connectivity index (χ2v) is 7.28. The normalized spacial score (nSPS) is 22.0. The van der Waals surface area contributed by atoms with E-state index in [1.54, 1.807) is -0.0160 Å². The molecule has 0 aromatic carbocycles. The van der Waals surface area contributed by atoms with Gasteiger partial charge in [0.2, 0.25) is 0 Å². The minimum atomic E-state index is 0.178. The summed E-state index contributed by atoms with van der Waals surface area (Å²) in [7, 11) is 0. The van der Waals surface area contributed by atoms with Gasteiger partial charge in [-0.2, -0.15) is 0 Å². The average Bonchev–Trinajstić information content (AvgIpc) is 2.21. The van der Waals surface area contributed by atoms with Crippen molar-refractivity contribution in [2.24, 2.45) is 0 Å². The molecular weight excluding hydrogens is 383 g/mol. The van der Waals surface area contributed by atoms with E-state index < -0.39 is 0 Å². The fraction of sp³-hybridized carbons (Fsp3) is 0. The van der Waals surface area contributed by atoms with Crippen LogP contribution < -0.4 is 0 Å². The predicted molar refractivity (Wildman–Crippen MR) is 49.4 cm³/mol. The molecular formula is C10H10Xe2. The van der Waals surface area contributed by atoms with Gasteiger partial charge < -0.3 is 0 Å². The van der Waals surface area contributed by atoms with E-state index in [9.17, 15) is 0 Å². The van der Waals surface area contributed by atoms with Crippen molar-refractivity contribution in [1.82, 2.24) is 0 Å². The van der Waals surface area contributed by atoms with Crippen LogP contribution >= 0.6 is 0 Å². The van der Waals surface area contributed by atoms with Gasteiger partial charge in [0.1, 0.15) is 0 Å². The first-order valence-electron chi connectivity index (χ1n) is 3.64. The zero-order chi connectivity index (χ0) is 8.23. The number of rotatable bonds is 1. The van der Waals surface area contributed by atoms with Gasteiger partial charge in [-0.25, -0.2) is 0 Å². The second-order valence-electron chi connectivity index (χ2n) is 2.27. The average molecular weight is 393 g/mol. The van der Waals surface area contributed by atoms with Crippen LogP contribution in [0.3, 0.4) is 0 Å². The summed E-state index contributed by atoms with van der Waals surface area (Å²) in [6.45, 7) is 0. The summed E-state index contributed by atoms with van der Waals surface area (Å²) in [6.07, 6.45) is 13.2. The Kier molecular flexibility index (Phi) is 4.89. The number of hydrogen-bond acceptors (Lipinski definition) is 0. The SMILES string of the molecule is C1=CC=C(C2=[XeH]C=CC=C2)[XeH]=C1. The fourth-order valence-electron chi connectivity index (χ4n) is 0.909. The van der Waals surface area contributed by atoms with Gasteiger partial charge in [-0.1, -0.05) is 0 Å². The molecule has 0 bridgehead atoms. The molecule has 0 aromatic heterocycles. The Morgan fingerprint density at radius 3 is 2.67 bits per heavy atom. The summed E-state index contributed by atoms with van der Waals surface area (Å²) in [5.74, 6) is 0. The van der Waals surface area contributed by atoms with E-state index in [1.807, 2.05) is 0 Å². The van der Waals surface area contributed by atoms with E-state index in [0.29, 0.717) is 0 Å². The molecule has 2 heteroatoms. The van der Waals surface area contributed by atoms with Gasteiger partial charge >= 0.3 is 125 Å². The summed E-state index contributed by atoms with van der Waals surface area (Å²) in [5.41, 5.74) is 0. The van der Waals surface area contributed by atoms with Crippen molar-refractivity contribution in [1.29, 1.82) is 0 Å². The van der Waals surface area contributed by atoms with Crippen molar-refractivity contribution in [2.75, 3.05) is 0 Å². The molecule has 2 aliphatic rings. The molecule has 0 amide bonds. The molecule has 0 aromatic rings. The summed E-state index contributed by atoms with van der Waals surface area (Å²) < 4.78 is 7.89. The van der Waals surface area contributed by atoms with Crippen LogP contribution in [-0.2, 0) is 0 Å². The van der Waals surface area contributed by atoms with Crippen molar-refractivity contribution < 1.29 is 87.3 Å². The molecule has 0 aliphatic carbocycles. The molecule has 0 saturated carbocycles. The Labute approximate surface area is 121 Å². The van der Waals surface area contributed by atoms with E-state index >= 15 is 0 Å². The van der Waals surface area contributed by atoms with E-state index in [1.165, 1.54) is 0 Å². The number of hydrogen-bond donors (Lipinski definition) is 0. The Morgan fingerprint density at radius 1 is 1.00 bits per heavy atom. The number of allylic oxidation sites excluding steroid dienone is 7. The zero-order valence-corrected chi connectivity index (χ0v) is 10.7. The summed E-state index contributed by atoms with van der Waals surface area (Å²) in [6, 6.07) is 0. The first-order chi connectivity index (χ1) is 5.97. The van der Waals surface area contributed by atoms with Gasteiger partial charge in [0.15, 0.2) is 0 Å². The van der Waals surface area contributed by atoms with Crippen LogP contribution in [0.1, 0.15) is 0 Å². The molecule has 0 atom stereocenters. The van der Waals surface area contributed by atoms with Crippen molar-refractivity contribution in [3.63, 3.8) is 0 Å². The first kappa shape index (κ1) is 10.4. The second kappa shape index (κ2) is 5.66. The van der Waals surface area contributed by atoms with Crippen molar-refractivity contribution >= 4 is 0.389 Å². The fourth-order valence-corrected chi connectivity index (χ4v) is 5.94. The standard InChI is InChI=1S/C10H10Xe2/c1-3-7-11-9(5-1)10-6-2-4-8-12-10/h1-8,11-12H. The third kappa shape index (κ3) is 2.92. The molecule has 0 radical (unpaired) electrons. The molecule has 0 saturated heterocycles. The van der Waals surface area contributed by atoms with Gasteiger partial charge in [0.05, 0.1) is 0 Å². The predicted octanol–water partition coefficient (Wildman–Crippen LogP) is 1.13. The van der Waals surface area contributed by atoms with Crippen LogP contribution in [0.4, 0.5) is 0 Å². The maximum atomic E-state index is 2.33. The van der Waals surface area contributed by atoms with Gasteiger partial charge in [-0.05, 0) is 0 Å². The van der Waals surface area contributed by atoms with Crippen molar-refractivity contribution in [2.45, 2.75) is 0 Å². The summed E-state index contributed by atoms with van der Waals surface area (Å²) >= 11 is 0.356. The molecule has 0 fully saturated rings. The van der Waals surface area contributed by atoms with Crippen molar-refractivity contribution in [3.05, 3.63) is 37.0 Å². The van der Waals surface area contributed by atoms with Gasteiger partial charge in [-0.3, -0.25) is 0 Å². The van der Waals surface area contributed by atoms with Crippen LogP contribution in [-0.4, -0.2) is 0.389 Å². The monoisotopic (exact) mass is 394 g/mol. The summed E-state index contributed by atoms with van der Waals surface area (Å²) in [5, 5.41) is 0. The van der Waals surface area contributed by atoms with Crippen LogP contribution in [0.5, 0.6) is 0 Å². The molecule has 0 spiro atoms. The molecule has 0 N–H and O–H groups in total. The molecule has 0 unspecified atom stereocenters. The molecule has 2 heterocycles.